The van der Waals surface area contributed by atoms with E-state index in [4.69, 9.17) is 4.74 Å². The highest BCUT2D eigenvalue weighted by atomic mass is 16.5. The summed E-state index contributed by atoms with van der Waals surface area (Å²) in [5.74, 6) is 0.374. The van der Waals surface area contributed by atoms with Crippen LogP contribution in [-0.2, 0) is 11.3 Å². The van der Waals surface area contributed by atoms with Crippen LogP contribution in [0.4, 0.5) is 5.69 Å². The minimum atomic E-state index is -0.161. The van der Waals surface area contributed by atoms with Crippen LogP contribution in [0.5, 0.6) is 5.75 Å². The summed E-state index contributed by atoms with van der Waals surface area (Å²) in [4.78, 5) is 30.1. The molecule has 0 saturated heterocycles. The van der Waals surface area contributed by atoms with Crippen LogP contribution >= 0.6 is 0 Å². The molecule has 0 radical (unpaired) electrons. The van der Waals surface area contributed by atoms with Gasteiger partial charge in [-0.15, -0.1) is 0 Å². The molecule has 2 amide bonds. The zero-order valence-corrected chi connectivity index (χ0v) is 12.8. The number of nitrogens with zero attached hydrogens (tertiary/aromatic N) is 2. The average molecular weight is 311 g/mol. The Morgan fingerprint density at radius 2 is 2.13 bits per heavy atom. The van der Waals surface area contributed by atoms with E-state index in [2.05, 4.69) is 10.3 Å². The van der Waals surface area contributed by atoms with E-state index in [0.29, 0.717) is 30.1 Å². The van der Waals surface area contributed by atoms with E-state index in [-0.39, 0.29) is 18.2 Å². The molecule has 1 aliphatic heterocycles. The van der Waals surface area contributed by atoms with Gasteiger partial charge in [-0.05, 0) is 24.3 Å². The Kier molecular flexibility index (Phi) is 4.23. The van der Waals surface area contributed by atoms with Gasteiger partial charge in [0.2, 0.25) is 5.91 Å². The fourth-order valence-corrected chi connectivity index (χ4v) is 2.56. The van der Waals surface area contributed by atoms with Gasteiger partial charge in [0, 0.05) is 19.2 Å². The van der Waals surface area contributed by atoms with Crippen molar-refractivity contribution in [3.8, 4) is 5.75 Å². The molecule has 0 saturated carbocycles. The van der Waals surface area contributed by atoms with E-state index in [0.717, 1.165) is 5.69 Å². The van der Waals surface area contributed by atoms with Crippen molar-refractivity contribution in [3.63, 3.8) is 0 Å². The SMILES string of the molecule is COc1ccccc1NC(=O)CCN1Cc2ncccc2C1=O. The third-order valence-electron chi connectivity index (χ3n) is 3.74. The van der Waals surface area contributed by atoms with Gasteiger partial charge in [-0.2, -0.15) is 0 Å². The summed E-state index contributed by atoms with van der Waals surface area (Å²) in [6, 6.07) is 10.7. The molecule has 118 valence electrons. The molecule has 0 fully saturated rings. The summed E-state index contributed by atoms with van der Waals surface area (Å²) in [5.41, 5.74) is 2.01. The number of pyridine rings is 1. The van der Waals surface area contributed by atoms with Crippen molar-refractivity contribution in [1.82, 2.24) is 9.88 Å². The molecule has 0 aliphatic carbocycles. The van der Waals surface area contributed by atoms with E-state index in [1.54, 1.807) is 42.5 Å². The summed E-state index contributed by atoms with van der Waals surface area (Å²) in [6.07, 6.45) is 1.89. The van der Waals surface area contributed by atoms with Gasteiger partial charge >= 0.3 is 0 Å². The zero-order chi connectivity index (χ0) is 16.2. The number of anilines is 1. The molecule has 1 aliphatic rings. The third-order valence-corrected chi connectivity index (χ3v) is 3.74. The van der Waals surface area contributed by atoms with Crippen molar-refractivity contribution >= 4 is 17.5 Å². The number of hydrogen-bond donors (Lipinski definition) is 1. The molecule has 1 N–H and O–H groups in total. The van der Waals surface area contributed by atoms with Gasteiger partial charge in [-0.25, -0.2) is 0 Å². The van der Waals surface area contributed by atoms with Crippen LogP contribution in [0.3, 0.4) is 0 Å². The summed E-state index contributed by atoms with van der Waals surface area (Å²) >= 11 is 0. The predicted octanol–water partition coefficient (Wildman–Crippen LogP) is 2.07. The molecular weight excluding hydrogens is 294 g/mol. The molecule has 6 nitrogen and oxygen atoms in total. The highest BCUT2D eigenvalue weighted by Gasteiger charge is 2.28. The average Bonchev–Trinajstić information content (AvgIpc) is 2.90. The normalized spacial score (nSPS) is 12.9. The van der Waals surface area contributed by atoms with Crippen molar-refractivity contribution in [2.75, 3.05) is 19.0 Å². The Balaban J connectivity index is 1.57. The van der Waals surface area contributed by atoms with E-state index in [9.17, 15) is 9.59 Å². The summed E-state index contributed by atoms with van der Waals surface area (Å²) < 4.78 is 5.20. The number of carbonyl (C=O) groups excluding carboxylic acids is 2. The second-order valence-electron chi connectivity index (χ2n) is 5.22. The first-order chi connectivity index (χ1) is 11.2. The molecule has 1 aromatic heterocycles. The molecule has 0 bridgehead atoms. The smallest absolute Gasteiger partial charge is 0.256 e. The van der Waals surface area contributed by atoms with Gasteiger partial charge in [0.15, 0.2) is 0 Å². The Bertz CT molecular complexity index is 745. The lowest BCUT2D eigenvalue weighted by molar-refractivity contribution is -0.116. The molecule has 0 spiro atoms. The first-order valence-electron chi connectivity index (χ1n) is 7.35. The van der Waals surface area contributed by atoms with Crippen molar-refractivity contribution in [3.05, 3.63) is 53.9 Å². The Labute approximate surface area is 134 Å². The summed E-state index contributed by atoms with van der Waals surface area (Å²) in [5, 5.41) is 2.80. The second-order valence-corrected chi connectivity index (χ2v) is 5.22. The summed E-state index contributed by atoms with van der Waals surface area (Å²) in [7, 11) is 1.55. The molecule has 0 atom stereocenters. The third kappa shape index (κ3) is 3.15. The standard InChI is InChI=1S/C17H17N3O3/c1-23-15-7-3-2-6-13(15)19-16(21)8-10-20-11-14-12(17(20)22)5-4-9-18-14/h2-7,9H,8,10-11H2,1H3,(H,19,21). The van der Waals surface area contributed by atoms with Crippen LogP contribution in [-0.4, -0.2) is 35.4 Å². The van der Waals surface area contributed by atoms with Crippen molar-refractivity contribution in [2.45, 2.75) is 13.0 Å². The monoisotopic (exact) mass is 311 g/mol. The van der Waals surface area contributed by atoms with Crippen LogP contribution < -0.4 is 10.1 Å². The molecule has 1 aromatic carbocycles. The number of methoxy groups -OCH3 is 1. The highest BCUT2D eigenvalue weighted by Crippen LogP contribution is 2.24. The number of para-hydroxylation sites is 2. The van der Waals surface area contributed by atoms with Crippen molar-refractivity contribution in [2.24, 2.45) is 0 Å². The molecule has 3 rings (SSSR count). The highest BCUT2D eigenvalue weighted by molar-refractivity contribution is 5.98. The maximum absolute atomic E-state index is 12.2. The van der Waals surface area contributed by atoms with Gasteiger partial charge in [-0.3, -0.25) is 14.6 Å². The number of rotatable bonds is 5. The molecule has 2 aromatic rings. The number of benzene rings is 1. The number of hydrogen-bond acceptors (Lipinski definition) is 4. The maximum Gasteiger partial charge on any atom is 0.256 e. The van der Waals surface area contributed by atoms with Gasteiger partial charge in [-0.1, -0.05) is 12.1 Å². The molecule has 23 heavy (non-hydrogen) atoms. The lowest BCUT2D eigenvalue weighted by atomic mass is 10.2. The topological polar surface area (TPSA) is 71.5 Å². The second kappa shape index (κ2) is 6.48. The molecule has 6 heteroatoms. The fourth-order valence-electron chi connectivity index (χ4n) is 2.56. The Morgan fingerprint density at radius 1 is 1.30 bits per heavy atom. The minimum Gasteiger partial charge on any atom is -0.495 e. The van der Waals surface area contributed by atoms with Crippen molar-refractivity contribution < 1.29 is 14.3 Å². The van der Waals surface area contributed by atoms with Crippen LogP contribution in [0, 0.1) is 0 Å². The number of carbonyl (C=O) groups is 2. The van der Waals surface area contributed by atoms with Crippen LogP contribution in [0.2, 0.25) is 0 Å². The Morgan fingerprint density at radius 3 is 2.91 bits per heavy atom. The van der Waals surface area contributed by atoms with E-state index < -0.39 is 0 Å². The quantitative estimate of drug-likeness (QED) is 0.917. The number of nitrogens with one attached hydrogen (secondary N) is 1. The van der Waals surface area contributed by atoms with E-state index in [1.165, 1.54) is 0 Å². The predicted molar refractivity (Wildman–Crippen MR) is 85.2 cm³/mol. The first kappa shape index (κ1) is 15.0. The van der Waals surface area contributed by atoms with Crippen LogP contribution in [0.1, 0.15) is 22.5 Å². The molecule has 0 unspecified atom stereocenters. The zero-order valence-electron chi connectivity index (χ0n) is 12.8. The van der Waals surface area contributed by atoms with Crippen molar-refractivity contribution in [1.29, 1.82) is 0 Å². The molecule has 2 heterocycles. The first-order valence-corrected chi connectivity index (χ1v) is 7.35. The number of fused-ring (bicyclic) bond motifs is 1. The van der Waals surface area contributed by atoms with Crippen LogP contribution in [0.25, 0.3) is 0 Å². The Hall–Kier alpha value is -2.89. The van der Waals surface area contributed by atoms with Crippen LogP contribution in [0.15, 0.2) is 42.6 Å². The van der Waals surface area contributed by atoms with Gasteiger partial charge in [0.25, 0.3) is 5.91 Å². The van der Waals surface area contributed by atoms with E-state index in [1.807, 2.05) is 12.1 Å². The van der Waals surface area contributed by atoms with Gasteiger partial charge in [0.1, 0.15) is 5.75 Å². The number of amides is 2. The number of aromatic nitrogens is 1. The lowest BCUT2D eigenvalue weighted by Crippen LogP contribution is -2.28. The minimum absolute atomic E-state index is 0.0711. The largest absolute Gasteiger partial charge is 0.495 e. The number of ether oxygens (including phenoxy) is 1. The maximum atomic E-state index is 12.2. The van der Waals surface area contributed by atoms with E-state index >= 15 is 0 Å². The van der Waals surface area contributed by atoms with Gasteiger partial charge < -0.3 is 15.0 Å². The molecular formula is C17H17N3O3. The lowest BCUT2D eigenvalue weighted by Gasteiger charge is -2.15. The van der Waals surface area contributed by atoms with Gasteiger partial charge in [0.05, 0.1) is 30.6 Å². The summed E-state index contributed by atoms with van der Waals surface area (Å²) in [6.45, 7) is 0.813. The fraction of sp³-hybridized carbons (Fsp3) is 0.235.